The highest BCUT2D eigenvalue weighted by atomic mass is 16.3. The molecule has 2 rings (SSSR count). The lowest BCUT2D eigenvalue weighted by Gasteiger charge is -2.39. The highest BCUT2D eigenvalue weighted by Gasteiger charge is 2.47. The summed E-state index contributed by atoms with van der Waals surface area (Å²) in [5.41, 5.74) is 0.551. The second kappa shape index (κ2) is 8.79. The van der Waals surface area contributed by atoms with Gasteiger partial charge in [-0.3, -0.25) is 4.79 Å². The van der Waals surface area contributed by atoms with Gasteiger partial charge in [-0.25, -0.2) is 0 Å². The van der Waals surface area contributed by atoms with E-state index in [1.54, 1.807) is 19.0 Å². The van der Waals surface area contributed by atoms with Gasteiger partial charge in [0.05, 0.1) is 6.10 Å². The van der Waals surface area contributed by atoms with Crippen molar-refractivity contribution in [1.82, 2.24) is 10.2 Å². The summed E-state index contributed by atoms with van der Waals surface area (Å²) < 4.78 is 0. The van der Waals surface area contributed by atoms with Crippen molar-refractivity contribution in [2.24, 2.45) is 0 Å². The molecule has 0 bridgehead atoms. The van der Waals surface area contributed by atoms with Gasteiger partial charge in [0.25, 0.3) is 0 Å². The zero-order chi connectivity index (χ0) is 18.3. The van der Waals surface area contributed by atoms with E-state index < -0.39 is 11.5 Å². The molecule has 4 heteroatoms. The quantitative estimate of drug-likeness (QED) is 0.727. The lowest BCUT2D eigenvalue weighted by molar-refractivity contribution is -0.140. The SMILES string of the molecule is CCNCCC(C(=O)N(C)C)(c1ccccc1)C(O)c1ccccc1. The van der Waals surface area contributed by atoms with Crippen molar-refractivity contribution >= 4 is 5.91 Å². The highest BCUT2D eigenvalue weighted by Crippen LogP contribution is 2.41. The molecule has 2 aromatic rings. The Bertz CT molecular complexity index is 658. The minimum atomic E-state index is -1.03. The molecule has 2 aromatic carbocycles. The predicted molar refractivity (Wildman–Crippen MR) is 101 cm³/mol. The van der Waals surface area contributed by atoms with E-state index in [0.29, 0.717) is 13.0 Å². The fourth-order valence-electron chi connectivity index (χ4n) is 3.30. The van der Waals surface area contributed by atoms with Gasteiger partial charge < -0.3 is 15.3 Å². The third-order valence-electron chi connectivity index (χ3n) is 4.60. The minimum Gasteiger partial charge on any atom is -0.387 e. The number of nitrogens with zero attached hydrogens (tertiary/aromatic N) is 1. The van der Waals surface area contributed by atoms with Crippen LogP contribution in [-0.4, -0.2) is 43.1 Å². The molecule has 0 radical (unpaired) electrons. The second-order valence-corrected chi connectivity index (χ2v) is 6.45. The van der Waals surface area contributed by atoms with Crippen LogP contribution in [0.25, 0.3) is 0 Å². The average molecular weight is 340 g/mol. The van der Waals surface area contributed by atoms with E-state index in [0.717, 1.165) is 17.7 Å². The fraction of sp³-hybridized carbons (Fsp3) is 0.381. The lowest BCUT2D eigenvalue weighted by Crippen LogP contribution is -2.49. The Labute approximate surface area is 150 Å². The number of hydrogen-bond donors (Lipinski definition) is 2. The summed E-state index contributed by atoms with van der Waals surface area (Å²) in [6.45, 7) is 3.50. The Morgan fingerprint density at radius 3 is 2.16 bits per heavy atom. The van der Waals surface area contributed by atoms with E-state index in [1.807, 2.05) is 67.6 Å². The van der Waals surface area contributed by atoms with Crippen molar-refractivity contribution in [3.63, 3.8) is 0 Å². The number of nitrogens with one attached hydrogen (secondary N) is 1. The van der Waals surface area contributed by atoms with Gasteiger partial charge in [0.15, 0.2) is 0 Å². The van der Waals surface area contributed by atoms with Crippen LogP contribution in [-0.2, 0) is 10.2 Å². The normalized spacial score (nSPS) is 14.6. The number of amides is 1. The fourth-order valence-corrected chi connectivity index (χ4v) is 3.30. The third kappa shape index (κ3) is 4.09. The predicted octanol–water partition coefficient (Wildman–Crippen LogP) is 2.75. The van der Waals surface area contributed by atoms with E-state index >= 15 is 0 Å². The Morgan fingerprint density at radius 2 is 1.64 bits per heavy atom. The molecule has 1 amide bonds. The Hall–Kier alpha value is -2.17. The van der Waals surface area contributed by atoms with E-state index in [4.69, 9.17) is 0 Å². The topological polar surface area (TPSA) is 52.6 Å². The standard InChI is InChI=1S/C21H28N2O2/c1-4-22-16-15-21(20(25)23(2)3,18-13-9-6-10-14-18)19(24)17-11-7-5-8-12-17/h5-14,19,22,24H,4,15-16H2,1-3H3. The molecule has 4 nitrogen and oxygen atoms in total. The first kappa shape index (κ1) is 19.2. The first-order valence-corrected chi connectivity index (χ1v) is 8.75. The van der Waals surface area contributed by atoms with Crippen molar-refractivity contribution in [1.29, 1.82) is 0 Å². The first-order chi connectivity index (χ1) is 12.0. The van der Waals surface area contributed by atoms with Gasteiger partial charge in [-0.1, -0.05) is 67.6 Å². The Morgan fingerprint density at radius 1 is 1.08 bits per heavy atom. The second-order valence-electron chi connectivity index (χ2n) is 6.45. The van der Waals surface area contributed by atoms with E-state index in [1.165, 1.54) is 0 Å². The largest absolute Gasteiger partial charge is 0.387 e. The van der Waals surface area contributed by atoms with Crippen molar-refractivity contribution in [3.05, 3.63) is 71.8 Å². The van der Waals surface area contributed by atoms with Crippen LogP contribution in [0.5, 0.6) is 0 Å². The van der Waals surface area contributed by atoms with E-state index in [2.05, 4.69) is 5.32 Å². The average Bonchev–Trinajstić information content (AvgIpc) is 2.66. The van der Waals surface area contributed by atoms with Crippen LogP contribution >= 0.6 is 0 Å². The molecule has 0 aliphatic rings. The summed E-state index contributed by atoms with van der Waals surface area (Å²) in [6, 6.07) is 19.0. The van der Waals surface area contributed by atoms with Crippen molar-refractivity contribution in [2.75, 3.05) is 27.2 Å². The van der Waals surface area contributed by atoms with Crippen LogP contribution in [0.15, 0.2) is 60.7 Å². The number of carbonyl (C=O) groups is 1. The number of carbonyl (C=O) groups excluding carboxylic acids is 1. The van der Waals surface area contributed by atoms with E-state index in [-0.39, 0.29) is 5.91 Å². The van der Waals surface area contributed by atoms with Gasteiger partial charge in [-0.05, 0) is 30.6 Å². The number of aliphatic hydroxyl groups is 1. The lowest BCUT2D eigenvalue weighted by atomic mass is 9.69. The molecular formula is C21H28N2O2. The Balaban J connectivity index is 2.59. The summed E-state index contributed by atoms with van der Waals surface area (Å²) in [5, 5.41) is 14.6. The molecule has 0 aromatic heterocycles. The summed E-state index contributed by atoms with van der Waals surface area (Å²) in [6.07, 6.45) is -0.414. The van der Waals surface area contributed by atoms with Crippen LogP contribution in [0.2, 0.25) is 0 Å². The molecule has 0 heterocycles. The van der Waals surface area contributed by atoms with Gasteiger partial charge in [0.1, 0.15) is 5.41 Å². The number of benzene rings is 2. The maximum Gasteiger partial charge on any atom is 0.235 e. The molecular weight excluding hydrogens is 312 g/mol. The van der Waals surface area contributed by atoms with Gasteiger partial charge >= 0.3 is 0 Å². The summed E-state index contributed by atoms with van der Waals surface area (Å²) in [5.74, 6) is -0.0899. The molecule has 2 unspecified atom stereocenters. The summed E-state index contributed by atoms with van der Waals surface area (Å²) in [4.78, 5) is 14.9. The number of rotatable bonds is 8. The van der Waals surface area contributed by atoms with Crippen molar-refractivity contribution in [3.8, 4) is 0 Å². The summed E-state index contributed by atoms with van der Waals surface area (Å²) in [7, 11) is 3.48. The minimum absolute atomic E-state index is 0.0899. The van der Waals surface area contributed by atoms with Crippen LogP contribution in [0.4, 0.5) is 0 Å². The molecule has 0 saturated carbocycles. The van der Waals surface area contributed by atoms with Gasteiger partial charge in [0, 0.05) is 14.1 Å². The molecule has 2 N–H and O–H groups in total. The number of likely N-dealkylation sites (N-methyl/N-ethyl adjacent to an activating group) is 1. The Kier molecular flexibility index (Phi) is 6.73. The molecule has 0 aliphatic carbocycles. The molecule has 25 heavy (non-hydrogen) atoms. The molecule has 0 spiro atoms. The van der Waals surface area contributed by atoms with Gasteiger partial charge in [0.2, 0.25) is 5.91 Å². The van der Waals surface area contributed by atoms with Gasteiger partial charge in [-0.2, -0.15) is 0 Å². The third-order valence-corrected chi connectivity index (χ3v) is 4.60. The molecule has 0 aliphatic heterocycles. The summed E-state index contributed by atoms with van der Waals surface area (Å²) >= 11 is 0. The van der Waals surface area contributed by atoms with Crippen LogP contribution in [0, 0.1) is 0 Å². The van der Waals surface area contributed by atoms with Crippen LogP contribution in [0.3, 0.4) is 0 Å². The molecule has 0 fully saturated rings. The van der Waals surface area contributed by atoms with Crippen LogP contribution in [0.1, 0.15) is 30.6 Å². The molecule has 0 saturated heterocycles. The smallest absolute Gasteiger partial charge is 0.235 e. The van der Waals surface area contributed by atoms with E-state index in [9.17, 15) is 9.90 Å². The zero-order valence-electron chi connectivity index (χ0n) is 15.3. The monoisotopic (exact) mass is 340 g/mol. The molecule has 134 valence electrons. The number of aliphatic hydroxyl groups excluding tert-OH is 1. The van der Waals surface area contributed by atoms with Gasteiger partial charge in [-0.15, -0.1) is 0 Å². The first-order valence-electron chi connectivity index (χ1n) is 8.75. The zero-order valence-corrected chi connectivity index (χ0v) is 15.3. The maximum absolute atomic E-state index is 13.3. The number of hydrogen-bond acceptors (Lipinski definition) is 3. The van der Waals surface area contributed by atoms with Crippen molar-refractivity contribution < 1.29 is 9.90 Å². The van der Waals surface area contributed by atoms with Crippen molar-refractivity contribution in [2.45, 2.75) is 24.9 Å². The molecule has 2 atom stereocenters. The maximum atomic E-state index is 13.3. The van der Waals surface area contributed by atoms with Crippen LogP contribution < -0.4 is 5.32 Å². The highest BCUT2D eigenvalue weighted by molar-refractivity contribution is 5.89.